The normalized spacial score (nSPS) is 23.1. The van der Waals surface area contributed by atoms with E-state index in [1.165, 1.54) is 7.11 Å². The van der Waals surface area contributed by atoms with Crippen LogP contribution < -0.4 is 10.1 Å². The Kier molecular flexibility index (Phi) is 4.57. The van der Waals surface area contributed by atoms with Gasteiger partial charge in [0.1, 0.15) is 10.1 Å². The summed E-state index contributed by atoms with van der Waals surface area (Å²) in [7, 11) is 1.29. The second-order valence-electron chi connectivity index (χ2n) is 4.64. The Morgan fingerprint density at radius 3 is 2.60 bits per heavy atom. The molecule has 1 aliphatic carbocycles. The van der Waals surface area contributed by atoms with Crippen molar-refractivity contribution in [1.82, 2.24) is 0 Å². The van der Waals surface area contributed by atoms with Crippen molar-refractivity contribution in [2.75, 3.05) is 19.0 Å². The van der Waals surface area contributed by atoms with Crippen LogP contribution in [0.3, 0.4) is 0 Å². The molecule has 0 bridgehead atoms. The molecule has 1 N–H and O–H groups in total. The van der Waals surface area contributed by atoms with Crippen LogP contribution in [0.2, 0.25) is 5.02 Å². The first-order valence-electron chi connectivity index (χ1n) is 6.01. The number of ether oxygens (including phenoxy) is 2. The molecule has 0 heterocycles. The molecule has 2 atom stereocenters. The zero-order valence-electron chi connectivity index (χ0n) is 11.0. The van der Waals surface area contributed by atoms with Crippen molar-refractivity contribution in [2.45, 2.75) is 11.3 Å². The van der Waals surface area contributed by atoms with E-state index < -0.39 is 10.4 Å². The topological polar surface area (TPSA) is 47.6 Å². The summed E-state index contributed by atoms with van der Waals surface area (Å²) in [4.78, 5) is 11.1. The first-order valence-corrected chi connectivity index (χ1v) is 7.14. The van der Waals surface area contributed by atoms with Gasteiger partial charge in [-0.3, -0.25) is 5.32 Å². The van der Waals surface area contributed by atoms with E-state index in [0.717, 1.165) is 0 Å². The average molecular weight is 339 g/mol. The average Bonchev–Trinajstić information content (AvgIpc) is 2.87. The number of anilines is 1. The highest BCUT2D eigenvalue weighted by Crippen LogP contribution is 2.58. The van der Waals surface area contributed by atoms with Crippen LogP contribution in [-0.2, 0) is 4.74 Å². The summed E-state index contributed by atoms with van der Waals surface area (Å²) >= 11 is 18.2. The predicted octanol–water partition coefficient (Wildman–Crippen LogP) is 4.34. The van der Waals surface area contributed by atoms with Crippen LogP contribution >= 0.6 is 34.8 Å². The number of carbonyl (C=O) groups is 1. The van der Waals surface area contributed by atoms with E-state index >= 15 is 0 Å². The fraction of sp³-hybridized carbons (Fsp3) is 0.462. The van der Waals surface area contributed by atoms with Gasteiger partial charge >= 0.3 is 6.09 Å². The van der Waals surface area contributed by atoms with E-state index in [9.17, 15) is 4.79 Å². The van der Waals surface area contributed by atoms with E-state index in [2.05, 4.69) is 10.1 Å². The summed E-state index contributed by atoms with van der Waals surface area (Å²) in [5.41, 5.74) is 0.526. The molecule has 0 saturated heterocycles. The third kappa shape index (κ3) is 3.25. The van der Waals surface area contributed by atoms with Crippen molar-refractivity contribution in [3.05, 3.63) is 23.2 Å². The van der Waals surface area contributed by atoms with Gasteiger partial charge in [-0.15, -0.1) is 23.2 Å². The summed E-state index contributed by atoms with van der Waals surface area (Å²) < 4.78 is 9.39. The van der Waals surface area contributed by atoms with E-state index in [4.69, 9.17) is 39.5 Å². The number of alkyl halides is 2. The minimum Gasteiger partial charge on any atom is -0.492 e. The number of halogens is 3. The van der Waals surface area contributed by atoms with Crippen molar-refractivity contribution in [2.24, 2.45) is 11.8 Å². The first kappa shape index (κ1) is 15.5. The number of amides is 1. The van der Waals surface area contributed by atoms with E-state index in [1.54, 1.807) is 18.2 Å². The molecule has 1 amide bonds. The van der Waals surface area contributed by atoms with Crippen molar-refractivity contribution in [1.29, 1.82) is 0 Å². The smallest absolute Gasteiger partial charge is 0.411 e. The number of methoxy groups -OCH3 is 1. The number of carbonyl (C=O) groups excluding carboxylic acids is 1. The Hall–Kier alpha value is -0.840. The highest BCUT2D eigenvalue weighted by molar-refractivity contribution is 6.51. The van der Waals surface area contributed by atoms with Crippen LogP contribution in [0.1, 0.15) is 6.92 Å². The third-order valence-corrected chi connectivity index (χ3v) is 4.92. The quantitative estimate of drug-likeness (QED) is 0.831. The molecule has 0 spiro atoms. The SMILES string of the molecule is COC(=O)Nc1ccc(OCC2C(C)C2(Cl)Cl)c(Cl)c1. The Morgan fingerprint density at radius 2 is 2.10 bits per heavy atom. The molecule has 0 aliphatic heterocycles. The maximum atomic E-state index is 11.1. The molecule has 110 valence electrons. The van der Waals surface area contributed by atoms with E-state index in [0.29, 0.717) is 23.1 Å². The molecule has 2 unspecified atom stereocenters. The van der Waals surface area contributed by atoms with Crippen molar-refractivity contribution < 1.29 is 14.3 Å². The summed E-state index contributed by atoms with van der Waals surface area (Å²) in [5.74, 6) is 0.810. The number of hydrogen-bond donors (Lipinski definition) is 1. The van der Waals surface area contributed by atoms with Gasteiger partial charge in [0.05, 0.1) is 18.7 Å². The molecule has 1 saturated carbocycles. The molecule has 1 aromatic rings. The van der Waals surface area contributed by atoms with Gasteiger partial charge < -0.3 is 9.47 Å². The second-order valence-corrected chi connectivity index (χ2v) is 6.49. The zero-order chi connectivity index (χ0) is 14.9. The highest BCUT2D eigenvalue weighted by atomic mass is 35.5. The van der Waals surface area contributed by atoms with Crippen molar-refractivity contribution >= 4 is 46.6 Å². The van der Waals surface area contributed by atoms with Crippen LogP contribution in [-0.4, -0.2) is 24.1 Å². The monoisotopic (exact) mass is 337 g/mol. The summed E-state index contributed by atoms with van der Waals surface area (Å²) in [6.07, 6.45) is -0.560. The lowest BCUT2D eigenvalue weighted by molar-refractivity contribution is 0.187. The summed E-state index contributed by atoms with van der Waals surface area (Å²) in [6.45, 7) is 2.37. The van der Waals surface area contributed by atoms with Crippen LogP contribution in [0, 0.1) is 11.8 Å². The molecule has 0 aromatic heterocycles. The second kappa shape index (κ2) is 5.88. The van der Waals surface area contributed by atoms with Crippen molar-refractivity contribution in [3.8, 4) is 5.75 Å². The van der Waals surface area contributed by atoms with Gasteiger partial charge in [0.2, 0.25) is 0 Å². The molecular weight excluding hydrogens is 325 g/mol. The number of rotatable bonds is 4. The zero-order valence-corrected chi connectivity index (χ0v) is 13.2. The largest absolute Gasteiger partial charge is 0.492 e. The van der Waals surface area contributed by atoms with Crippen LogP contribution in [0.15, 0.2) is 18.2 Å². The lowest BCUT2D eigenvalue weighted by Gasteiger charge is -2.10. The molecule has 1 fully saturated rings. The van der Waals surface area contributed by atoms with Crippen LogP contribution in [0.5, 0.6) is 5.75 Å². The Morgan fingerprint density at radius 1 is 1.45 bits per heavy atom. The fourth-order valence-electron chi connectivity index (χ4n) is 1.86. The number of hydrogen-bond acceptors (Lipinski definition) is 3. The minimum absolute atomic E-state index is 0.0924. The highest BCUT2D eigenvalue weighted by Gasteiger charge is 2.60. The molecule has 1 aliphatic rings. The Bertz CT molecular complexity index is 522. The molecule has 20 heavy (non-hydrogen) atoms. The van der Waals surface area contributed by atoms with Crippen LogP contribution in [0.4, 0.5) is 10.5 Å². The minimum atomic E-state index is -0.709. The maximum Gasteiger partial charge on any atom is 0.411 e. The van der Waals surface area contributed by atoms with Gasteiger partial charge in [-0.25, -0.2) is 4.79 Å². The Balaban J connectivity index is 1.95. The predicted molar refractivity (Wildman–Crippen MR) is 80.1 cm³/mol. The van der Waals surface area contributed by atoms with Gasteiger partial charge in [-0.1, -0.05) is 18.5 Å². The summed E-state index contributed by atoms with van der Waals surface area (Å²) in [6, 6.07) is 4.92. The van der Waals surface area contributed by atoms with Crippen LogP contribution in [0.25, 0.3) is 0 Å². The van der Waals surface area contributed by atoms with Gasteiger partial charge in [0.15, 0.2) is 0 Å². The lowest BCUT2D eigenvalue weighted by Crippen LogP contribution is -2.11. The van der Waals surface area contributed by atoms with E-state index in [-0.39, 0.29) is 11.8 Å². The number of benzene rings is 1. The molecule has 1 aromatic carbocycles. The van der Waals surface area contributed by atoms with Gasteiger partial charge in [-0.05, 0) is 24.1 Å². The first-order chi connectivity index (χ1) is 9.36. The van der Waals surface area contributed by atoms with E-state index in [1.807, 2.05) is 6.92 Å². The Labute approximate surface area is 132 Å². The lowest BCUT2D eigenvalue weighted by atomic mass is 10.3. The van der Waals surface area contributed by atoms with Crippen molar-refractivity contribution in [3.63, 3.8) is 0 Å². The molecule has 4 nitrogen and oxygen atoms in total. The van der Waals surface area contributed by atoms with Gasteiger partial charge in [-0.2, -0.15) is 0 Å². The number of nitrogens with one attached hydrogen (secondary N) is 1. The fourth-order valence-corrected chi connectivity index (χ4v) is 2.78. The molecular formula is C13H14Cl3NO3. The standard InChI is InChI=1S/C13H14Cl3NO3/c1-7-9(13(7,15)16)6-20-11-4-3-8(5-10(11)14)17-12(18)19-2/h3-5,7,9H,6H2,1-2H3,(H,17,18). The summed E-state index contributed by atoms with van der Waals surface area (Å²) in [5, 5.41) is 2.90. The third-order valence-electron chi connectivity index (χ3n) is 3.38. The van der Waals surface area contributed by atoms with Gasteiger partial charge in [0, 0.05) is 11.6 Å². The molecule has 2 rings (SSSR count). The molecule has 7 heteroatoms. The maximum absolute atomic E-state index is 11.1. The van der Waals surface area contributed by atoms with Gasteiger partial charge in [0.25, 0.3) is 0 Å². The molecule has 0 radical (unpaired) electrons.